The Bertz CT molecular complexity index is 313. The van der Waals surface area contributed by atoms with E-state index in [2.05, 4.69) is 13.5 Å². The van der Waals surface area contributed by atoms with Crippen LogP contribution < -0.4 is 11.5 Å². The molecule has 20 heavy (non-hydrogen) atoms. The minimum Gasteiger partial charge on any atom is -0.387 e. The standard InChI is InChI=1S/C16H31N3O/c1-3-4-5-6-7-8-9-10-11-12-14(15(17)18)13(2)16(19)20/h14H,2-12H2,1H3,(H3,17,18)(H2,19,20). The van der Waals surface area contributed by atoms with Gasteiger partial charge in [0.1, 0.15) is 0 Å². The average molecular weight is 281 g/mol. The molecule has 0 heterocycles. The van der Waals surface area contributed by atoms with E-state index >= 15 is 0 Å². The number of carbonyl (C=O) groups excluding carboxylic acids is 1. The van der Waals surface area contributed by atoms with E-state index < -0.39 is 5.91 Å². The lowest BCUT2D eigenvalue weighted by atomic mass is 9.92. The number of amidine groups is 1. The summed E-state index contributed by atoms with van der Waals surface area (Å²) in [4.78, 5) is 11.1. The summed E-state index contributed by atoms with van der Waals surface area (Å²) in [6, 6.07) is 0. The summed E-state index contributed by atoms with van der Waals surface area (Å²) in [6.45, 7) is 5.86. The summed E-state index contributed by atoms with van der Waals surface area (Å²) in [5.41, 5.74) is 11.0. The predicted molar refractivity (Wildman–Crippen MR) is 85.6 cm³/mol. The van der Waals surface area contributed by atoms with Gasteiger partial charge in [0.15, 0.2) is 0 Å². The molecule has 0 aliphatic carbocycles. The molecule has 0 fully saturated rings. The van der Waals surface area contributed by atoms with Gasteiger partial charge in [0.05, 0.1) is 5.84 Å². The second-order valence-corrected chi connectivity index (χ2v) is 5.51. The van der Waals surface area contributed by atoms with Gasteiger partial charge in [-0.1, -0.05) is 71.3 Å². The minimum absolute atomic E-state index is 0.00614. The highest BCUT2D eigenvalue weighted by Crippen LogP contribution is 2.18. The number of hydrogen-bond acceptors (Lipinski definition) is 2. The maximum Gasteiger partial charge on any atom is 0.244 e. The van der Waals surface area contributed by atoms with E-state index in [-0.39, 0.29) is 17.3 Å². The van der Waals surface area contributed by atoms with Gasteiger partial charge in [0.2, 0.25) is 5.91 Å². The molecule has 5 N–H and O–H groups in total. The van der Waals surface area contributed by atoms with Crippen molar-refractivity contribution in [2.45, 2.75) is 71.1 Å². The average Bonchev–Trinajstić information content (AvgIpc) is 2.39. The van der Waals surface area contributed by atoms with Crippen molar-refractivity contribution >= 4 is 11.7 Å². The van der Waals surface area contributed by atoms with Crippen LogP contribution in [-0.4, -0.2) is 11.7 Å². The Balaban J connectivity index is 3.68. The fourth-order valence-electron chi connectivity index (χ4n) is 2.35. The van der Waals surface area contributed by atoms with Crippen molar-refractivity contribution in [2.75, 3.05) is 0 Å². The summed E-state index contributed by atoms with van der Waals surface area (Å²) in [5, 5.41) is 7.50. The summed E-state index contributed by atoms with van der Waals surface area (Å²) >= 11 is 0. The van der Waals surface area contributed by atoms with Crippen molar-refractivity contribution in [1.82, 2.24) is 0 Å². The van der Waals surface area contributed by atoms with Crippen molar-refractivity contribution in [3.63, 3.8) is 0 Å². The van der Waals surface area contributed by atoms with Crippen molar-refractivity contribution < 1.29 is 4.79 Å². The van der Waals surface area contributed by atoms with Crippen LogP contribution >= 0.6 is 0 Å². The van der Waals surface area contributed by atoms with Gasteiger partial charge in [-0.05, 0) is 6.42 Å². The maximum absolute atomic E-state index is 11.1. The molecule has 0 bridgehead atoms. The van der Waals surface area contributed by atoms with Gasteiger partial charge in [0.25, 0.3) is 0 Å². The van der Waals surface area contributed by atoms with Crippen LogP contribution in [0.25, 0.3) is 0 Å². The summed E-state index contributed by atoms with van der Waals surface area (Å²) in [5.74, 6) is -0.938. The fraction of sp³-hybridized carbons (Fsp3) is 0.750. The molecule has 0 spiro atoms. The normalized spacial score (nSPS) is 12.1. The third-order valence-corrected chi connectivity index (χ3v) is 3.71. The van der Waals surface area contributed by atoms with E-state index in [0.29, 0.717) is 6.42 Å². The van der Waals surface area contributed by atoms with E-state index in [1.54, 1.807) is 0 Å². The number of carbonyl (C=O) groups is 1. The van der Waals surface area contributed by atoms with E-state index in [1.165, 1.54) is 44.9 Å². The van der Waals surface area contributed by atoms with Gasteiger partial charge >= 0.3 is 0 Å². The first kappa shape index (κ1) is 18.7. The molecule has 0 aliphatic heterocycles. The first-order valence-corrected chi connectivity index (χ1v) is 7.83. The second kappa shape index (κ2) is 11.5. The number of rotatable bonds is 13. The molecule has 0 aliphatic rings. The number of amides is 1. The molecule has 0 saturated heterocycles. The highest BCUT2D eigenvalue weighted by Gasteiger charge is 2.19. The number of hydrogen-bond donors (Lipinski definition) is 3. The van der Waals surface area contributed by atoms with E-state index in [9.17, 15) is 4.79 Å². The molecule has 1 atom stereocenters. The lowest BCUT2D eigenvalue weighted by Crippen LogP contribution is -2.30. The van der Waals surface area contributed by atoms with Crippen LogP contribution in [0, 0.1) is 11.3 Å². The molecule has 0 aromatic heterocycles. The molecule has 0 rings (SSSR count). The second-order valence-electron chi connectivity index (χ2n) is 5.51. The molecule has 0 radical (unpaired) electrons. The zero-order valence-corrected chi connectivity index (χ0v) is 12.9. The monoisotopic (exact) mass is 281 g/mol. The Kier molecular flexibility index (Phi) is 10.7. The summed E-state index contributed by atoms with van der Waals surface area (Å²) < 4.78 is 0. The highest BCUT2D eigenvalue weighted by atomic mass is 16.1. The largest absolute Gasteiger partial charge is 0.387 e. The maximum atomic E-state index is 11.1. The SMILES string of the molecule is C=C(C(N)=O)C(CCCCCCCCCCC)C(=N)N. The fourth-order valence-corrected chi connectivity index (χ4v) is 2.35. The zero-order chi connectivity index (χ0) is 15.4. The van der Waals surface area contributed by atoms with E-state index in [0.717, 1.165) is 12.8 Å². The van der Waals surface area contributed by atoms with Crippen LogP contribution in [0.5, 0.6) is 0 Å². The predicted octanol–water partition coefficient (Wildman–Crippen LogP) is 3.50. The summed E-state index contributed by atoms with van der Waals surface area (Å²) in [6.07, 6.45) is 11.9. The van der Waals surface area contributed by atoms with Crippen LogP contribution in [0.15, 0.2) is 12.2 Å². The van der Waals surface area contributed by atoms with E-state index in [4.69, 9.17) is 16.9 Å². The Morgan fingerprint density at radius 2 is 1.45 bits per heavy atom. The van der Waals surface area contributed by atoms with Gasteiger partial charge in [0, 0.05) is 11.5 Å². The lowest BCUT2D eigenvalue weighted by molar-refractivity contribution is -0.114. The van der Waals surface area contributed by atoms with Crippen molar-refractivity contribution in [2.24, 2.45) is 17.4 Å². The van der Waals surface area contributed by atoms with Crippen molar-refractivity contribution in [3.05, 3.63) is 12.2 Å². The molecule has 4 heteroatoms. The van der Waals surface area contributed by atoms with Crippen LogP contribution in [0.4, 0.5) is 0 Å². The van der Waals surface area contributed by atoms with Crippen LogP contribution in [0.2, 0.25) is 0 Å². The first-order valence-electron chi connectivity index (χ1n) is 7.83. The Morgan fingerprint density at radius 1 is 1.00 bits per heavy atom. The number of nitrogens with two attached hydrogens (primary N) is 2. The molecule has 1 unspecified atom stereocenters. The number of unbranched alkanes of at least 4 members (excludes halogenated alkanes) is 8. The topological polar surface area (TPSA) is 93.0 Å². The highest BCUT2D eigenvalue weighted by molar-refractivity contribution is 5.98. The quantitative estimate of drug-likeness (QED) is 0.208. The molecule has 0 aromatic rings. The molecule has 1 amide bonds. The minimum atomic E-state index is -0.555. The van der Waals surface area contributed by atoms with Crippen molar-refractivity contribution in [1.29, 1.82) is 5.41 Å². The van der Waals surface area contributed by atoms with Gasteiger partial charge in [-0.25, -0.2) is 0 Å². The van der Waals surface area contributed by atoms with Gasteiger partial charge in [-0.15, -0.1) is 0 Å². The Hall–Kier alpha value is -1.32. The molecular formula is C16H31N3O. The van der Waals surface area contributed by atoms with Gasteiger partial charge < -0.3 is 11.5 Å². The van der Waals surface area contributed by atoms with Crippen LogP contribution in [0.1, 0.15) is 71.1 Å². The van der Waals surface area contributed by atoms with Gasteiger partial charge in [-0.2, -0.15) is 0 Å². The van der Waals surface area contributed by atoms with Crippen LogP contribution in [0.3, 0.4) is 0 Å². The number of primary amides is 1. The zero-order valence-electron chi connectivity index (χ0n) is 12.9. The smallest absolute Gasteiger partial charge is 0.244 e. The number of nitrogens with one attached hydrogen (secondary N) is 1. The third kappa shape index (κ3) is 8.73. The van der Waals surface area contributed by atoms with E-state index in [1.807, 2.05) is 0 Å². The van der Waals surface area contributed by atoms with Crippen molar-refractivity contribution in [3.8, 4) is 0 Å². The molecule has 0 saturated carbocycles. The molecule has 116 valence electrons. The Morgan fingerprint density at radius 3 is 1.85 bits per heavy atom. The third-order valence-electron chi connectivity index (χ3n) is 3.71. The van der Waals surface area contributed by atoms with Gasteiger partial charge in [-0.3, -0.25) is 10.2 Å². The lowest BCUT2D eigenvalue weighted by Gasteiger charge is -2.15. The summed E-state index contributed by atoms with van der Waals surface area (Å²) in [7, 11) is 0. The first-order chi connectivity index (χ1) is 9.50. The molecular weight excluding hydrogens is 250 g/mol. The molecule has 0 aromatic carbocycles. The van der Waals surface area contributed by atoms with Crippen LogP contribution in [-0.2, 0) is 4.79 Å². The Labute approximate surface area is 123 Å². The molecule has 4 nitrogen and oxygen atoms in total.